The van der Waals surface area contributed by atoms with E-state index in [4.69, 9.17) is 9.73 Å². The number of rotatable bonds is 9. The molecular weight excluding hydrogens is 320 g/mol. The summed E-state index contributed by atoms with van der Waals surface area (Å²) >= 11 is 0. The van der Waals surface area contributed by atoms with Crippen LogP contribution in [-0.4, -0.2) is 44.4 Å². The molecule has 0 aliphatic rings. The van der Waals surface area contributed by atoms with Gasteiger partial charge in [-0.15, -0.1) is 0 Å². The molecule has 142 valence electrons. The summed E-state index contributed by atoms with van der Waals surface area (Å²) in [5.41, 5.74) is 2.44. The van der Waals surface area contributed by atoms with Crippen molar-refractivity contribution in [2.45, 2.75) is 46.1 Å². The predicted molar refractivity (Wildman–Crippen MR) is 114 cm³/mol. The van der Waals surface area contributed by atoms with Gasteiger partial charge >= 0.3 is 0 Å². The molecule has 1 atom stereocenters. The molecule has 0 N–H and O–H groups in total. The van der Waals surface area contributed by atoms with Crippen LogP contribution in [0.15, 0.2) is 41.4 Å². The lowest BCUT2D eigenvalue weighted by atomic mass is 9.91. The van der Waals surface area contributed by atoms with Crippen LogP contribution in [0.3, 0.4) is 0 Å². The van der Waals surface area contributed by atoms with Crippen molar-refractivity contribution in [1.29, 1.82) is 0 Å². The number of methoxy groups -OCH3 is 1. The molecule has 2 rings (SSSR count). The molecule has 0 saturated heterocycles. The maximum Gasteiger partial charge on any atom is 0.119 e. The molecular formula is C23H34N2O. The van der Waals surface area contributed by atoms with E-state index in [1.54, 1.807) is 7.11 Å². The van der Waals surface area contributed by atoms with E-state index in [0.717, 1.165) is 18.7 Å². The van der Waals surface area contributed by atoms with Gasteiger partial charge in [-0.25, -0.2) is 0 Å². The number of hydrogen-bond donors (Lipinski definition) is 0. The third kappa shape index (κ3) is 4.64. The van der Waals surface area contributed by atoms with Crippen LogP contribution in [0.25, 0.3) is 10.8 Å². The van der Waals surface area contributed by atoms with E-state index in [0.29, 0.717) is 12.0 Å². The third-order valence-electron chi connectivity index (χ3n) is 5.54. The van der Waals surface area contributed by atoms with Crippen molar-refractivity contribution in [2.75, 3.05) is 27.7 Å². The van der Waals surface area contributed by atoms with Gasteiger partial charge in [0.2, 0.25) is 0 Å². The average molecular weight is 355 g/mol. The van der Waals surface area contributed by atoms with Crippen molar-refractivity contribution >= 4 is 16.5 Å². The highest BCUT2D eigenvalue weighted by atomic mass is 16.5. The summed E-state index contributed by atoms with van der Waals surface area (Å²) < 4.78 is 5.33. The van der Waals surface area contributed by atoms with E-state index in [-0.39, 0.29) is 0 Å². The van der Waals surface area contributed by atoms with Crippen molar-refractivity contribution < 1.29 is 4.74 Å². The van der Waals surface area contributed by atoms with E-state index < -0.39 is 0 Å². The molecule has 0 aromatic heterocycles. The molecule has 26 heavy (non-hydrogen) atoms. The molecule has 0 fully saturated rings. The van der Waals surface area contributed by atoms with Gasteiger partial charge in [-0.1, -0.05) is 39.0 Å². The molecule has 3 heteroatoms. The lowest BCUT2D eigenvalue weighted by molar-refractivity contribution is 0.212. The Hall–Kier alpha value is -1.87. The Bertz CT molecular complexity index is 734. The summed E-state index contributed by atoms with van der Waals surface area (Å²) in [4.78, 5) is 7.20. The lowest BCUT2D eigenvalue weighted by Crippen LogP contribution is -2.37. The van der Waals surface area contributed by atoms with E-state index in [2.05, 4.69) is 63.1 Å². The number of aliphatic imine (C=N–C) groups is 1. The zero-order valence-electron chi connectivity index (χ0n) is 17.2. The summed E-state index contributed by atoms with van der Waals surface area (Å²) in [5.74, 6) is 1.34. The third-order valence-corrected chi connectivity index (χ3v) is 5.54. The van der Waals surface area contributed by atoms with E-state index in [1.165, 1.54) is 34.9 Å². The average Bonchev–Trinajstić information content (AvgIpc) is 2.68. The van der Waals surface area contributed by atoms with Crippen molar-refractivity contribution in [2.24, 2.45) is 10.9 Å². The second-order valence-corrected chi connectivity index (χ2v) is 7.05. The van der Waals surface area contributed by atoms with Crippen molar-refractivity contribution in [1.82, 2.24) is 4.90 Å². The molecule has 1 unspecified atom stereocenters. The first-order valence-corrected chi connectivity index (χ1v) is 9.82. The summed E-state index contributed by atoms with van der Waals surface area (Å²) in [7, 11) is 5.88. The van der Waals surface area contributed by atoms with Gasteiger partial charge in [0.15, 0.2) is 0 Å². The van der Waals surface area contributed by atoms with Crippen molar-refractivity contribution in [3.8, 4) is 5.75 Å². The predicted octanol–water partition coefficient (Wildman–Crippen LogP) is 5.41. The number of fused-ring (bicyclic) bond motifs is 1. The van der Waals surface area contributed by atoms with Crippen LogP contribution in [0.4, 0.5) is 0 Å². The van der Waals surface area contributed by atoms with Crippen LogP contribution in [0, 0.1) is 5.92 Å². The van der Waals surface area contributed by atoms with Gasteiger partial charge in [-0.3, -0.25) is 4.99 Å². The minimum absolute atomic E-state index is 0.446. The second-order valence-electron chi connectivity index (χ2n) is 7.05. The van der Waals surface area contributed by atoms with Gasteiger partial charge in [0.05, 0.1) is 7.11 Å². The largest absolute Gasteiger partial charge is 0.497 e. The molecule has 0 amide bonds. The fourth-order valence-corrected chi connectivity index (χ4v) is 3.88. The smallest absolute Gasteiger partial charge is 0.119 e. The molecule has 2 aromatic rings. The zero-order chi connectivity index (χ0) is 19.1. The minimum Gasteiger partial charge on any atom is -0.497 e. The lowest BCUT2D eigenvalue weighted by Gasteiger charge is -2.30. The van der Waals surface area contributed by atoms with E-state index >= 15 is 0 Å². The van der Waals surface area contributed by atoms with Gasteiger partial charge in [0.25, 0.3) is 0 Å². The second kappa shape index (κ2) is 9.72. The van der Waals surface area contributed by atoms with Crippen LogP contribution in [-0.2, 0) is 0 Å². The molecule has 0 aliphatic heterocycles. The van der Waals surface area contributed by atoms with Crippen molar-refractivity contribution in [3.05, 3.63) is 42.0 Å². The first-order valence-electron chi connectivity index (χ1n) is 9.82. The Kier molecular flexibility index (Phi) is 7.65. The normalized spacial score (nSPS) is 13.6. The monoisotopic (exact) mass is 354 g/mol. The Morgan fingerprint density at radius 2 is 1.65 bits per heavy atom. The zero-order valence-corrected chi connectivity index (χ0v) is 17.2. The molecule has 0 aliphatic carbocycles. The van der Waals surface area contributed by atoms with Crippen LogP contribution >= 0.6 is 0 Å². The van der Waals surface area contributed by atoms with E-state index in [1.807, 2.05) is 13.1 Å². The van der Waals surface area contributed by atoms with Crippen LogP contribution in [0.1, 0.15) is 45.6 Å². The maximum absolute atomic E-state index is 5.33. The Labute approximate surface area is 159 Å². The molecule has 0 bridgehead atoms. The first-order chi connectivity index (χ1) is 12.6. The minimum atomic E-state index is 0.446. The highest BCUT2D eigenvalue weighted by molar-refractivity contribution is 6.05. The highest BCUT2D eigenvalue weighted by Crippen LogP contribution is 2.24. The molecule has 0 spiro atoms. The topological polar surface area (TPSA) is 24.8 Å². The highest BCUT2D eigenvalue weighted by Gasteiger charge is 2.20. The maximum atomic E-state index is 5.33. The van der Waals surface area contributed by atoms with Gasteiger partial charge in [-0.05, 0) is 60.8 Å². The van der Waals surface area contributed by atoms with Gasteiger partial charge in [0, 0.05) is 31.3 Å². The summed E-state index contributed by atoms with van der Waals surface area (Å²) in [6.45, 7) is 7.87. The molecule has 0 saturated carbocycles. The van der Waals surface area contributed by atoms with Crippen LogP contribution in [0.5, 0.6) is 5.75 Å². The fourth-order valence-electron chi connectivity index (χ4n) is 3.88. The Morgan fingerprint density at radius 3 is 2.23 bits per heavy atom. The SMILES string of the molecule is CCC(CN(C)C(CC)CC)C(=NC)c1ccc2cc(OC)ccc2c1. The van der Waals surface area contributed by atoms with Crippen LogP contribution in [0.2, 0.25) is 0 Å². The Morgan fingerprint density at radius 1 is 1.00 bits per heavy atom. The summed E-state index contributed by atoms with van der Waals surface area (Å²) in [6.07, 6.45) is 3.48. The molecule has 0 heterocycles. The summed E-state index contributed by atoms with van der Waals surface area (Å²) in [6, 6.07) is 13.5. The fraction of sp³-hybridized carbons (Fsp3) is 0.522. The number of benzene rings is 2. The standard InChI is InChI=1S/C23H34N2O/c1-7-17(16-25(5)21(8-2)9-3)23(24-4)20-11-10-19-15-22(26-6)13-12-18(19)14-20/h10-15,17,21H,7-9,16H2,1-6H3. The van der Waals surface area contributed by atoms with Gasteiger partial charge < -0.3 is 9.64 Å². The van der Waals surface area contributed by atoms with Crippen LogP contribution < -0.4 is 4.74 Å². The number of nitrogens with zero attached hydrogens (tertiary/aromatic N) is 2. The molecule has 0 radical (unpaired) electrons. The number of ether oxygens (including phenoxy) is 1. The quantitative estimate of drug-likeness (QED) is 0.562. The van der Waals surface area contributed by atoms with E-state index in [9.17, 15) is 0 Å². The first kappa shape index (κ1) is 20.4. The molecule has 3 nitrogen and oxygen atoms in total. The number of hydrogen-bond acceptors (Lipinski definition) is 3. The van der Waals surface area contributed by atoms with Crippen molar-refractivity contribution in [3.63, 3.8) is 0 Å². The summed E-state index contributed by atoms with van der Waals surface area (Å²) in [5, 5.41) is 2.43. The van der Waals surface area contributed by atoms with Gasteiger partial charge in [0.1, 0.15) is 5.75 Å². The van der Waals surface area contributed by atoms with Gasteiger partial charge in [-0.2, -0.15) is 0 Å². The molecule has 2 aromatic carbocycles. The Balaban J connectivity index is 2.29.